The van der Waals surface area contributed by atoms with Gasteiger partial charge in [-0.15, -0.1) is 0 Å². The molecular weight excluding hydrogens is 408 g/mol. The van der Waals surface area contributed by atoms with E-state index in [1.165, 1.54) is 6.92 Å². The molecule has 1 unspecified atom stereocenters. The number of nitriles is 1. The molecule has 0 aliphatic carbocycles. The topological polar surface area (TPSA) is 102 Å². The molecule has 0 bridgehead atoms. The highest BCUT2D eigenvalue weighted by atomic mass is 16.5. The molecule has 1 aromatic heterocycles. The first-order chi connectivity index (χ1) is 15.1. The Morgan fingerprint density at radius 1 is 1.16 bits per heavy atom. The monoisotopic (exact) mass is 440 g/mol. The second kappa shape index (κ2) is 11.0. The Kier molecular flexibility index (Phi) is 8.62. The van der Waals surface area contributed by atoms with Crippen molar-refractivity contribution in [3.8, 4) is 17.7 Å². The first-order valence-corrected chi connectivity index (χ1v) is 10.9. The molecule has 0 radical (unpaired) electrons. The number of aromatic hydroxyl groups is 1. The lowest BCUT2D eigenvalue weighted by molar-refractivity contribution is 0.0742. The van der Waals surface area contributed by atoms with Crippen molar-refractivity contribution in [3.05, 3.63) is 56.9 Å². The van der Waals surface area contributed by atoms with Gasteiger partial charge in [0.15, 0.2) is 6.10 Å². The predicted molar refractivity (Wildman–Crippen MR) is 122 cm³/mol. The molecule has 1 heterocycles. The van der Waals surface area contributed by atoms with Crippen LogP contribution in [0.1, 0.15) is 74.0 Å². The van der Waals surface area contributed by atoms with Gasteiger partial charge in [-0.25, -0.2) is 0 Å². The van der Waals surface area contributed by atoms with Crippen molar-refractivity contribution in [2.45, 2.75) is 72.6 Å². The van der Waals surface area contributed by atoms with Crippen LogP contribution < -0.4 is 10.3 Å². The summed E-state index contributed by atoms with van der Waals surface area (Å²) in [6, 6.07) is 9.33. The van der Waals surface area contributed by atoms with Gasteiger partial charge in [-0.1, -0.05) is 26.0 Å². The van der Waals surface area contributed by atoms with Gasteiger partial charge in [0.1, 0.15) is 17.4 Å². The van der Waals surface area contributed by atoms with Gasteiger partial charge in [-0.05, 0) is 63.3 Å². The highest BCUT2D eigenvalue weighted by Crippen LogP contribution is 2.26. The Bertz CT molecular complexity index is 1050. The average molecular weight is 441 g/mol. The van der Waals surface area contributed by atoms with Crippen LogP contribution in [0, 0.1) is 18.3 Å². The molecule has 0 spiro atoms. The molecule has 0 aliphatic heterocycles. The van der Waals surface area contributed by atoms with Gasteiger partial charge in [0.2, 0.25) is 11.7 Å². The number of nitrogens with zero attached hydrogens (tertiary/aromatic N) is 2. The van der Waals surface area contributed by atoms with Crippen LogP contribution in [-0.2, 0) is 11.3 Å². The zero-order valence-electron chi connectivity index (χ0n) is 19.6. The van der Waals surface area contributed by atoms with Crippen molar-refractivity contribution in [2.24, 2.45) is 0 Å². The number of carbonyl (C=O) groups is 1. The van der Waals surface area contributed by atoms with Gasteiger partial charge in [0.25, 0.3) is 5.56 Å². The first kappa shape index (κ1) is 25.2. The summed E-state index contributed by atoms with van der Waals surface area (Å²) in [6.45, 7) is 11.6. The third-order valence-corrected chi connectivity index (χ3v) is 5.25. The SMILES string of the molecule is Cc1c(C(=O)C(C)Oc2ccc(C(C)C)cc2)c(O)n(CCCOC(C)C)c(=O)c1C#N. The Labute approximate surface area is 189 Å². The van der Waals surface area contributed by atoms with Gasteiger partial charge in [-0.3, -0.25) is 14.2 Å². The lowest BCUT2D eigenvalue weighted by Gasteiger charge is -2.19. The summed E-state index contributed by atoms with van der Waals surface area (Å²) in [4.78, 5) is 25.9. The van der Waals surface area contributed by atoms with Crippen molar-refractivity contribution in [1.29, 1.82) is 5.26 Å². The molecule has 7 heteroatoms. The van der Waals surface area contributed by atoms with Gasteiger partial charge < -0.3 is 14.6 Å². The number of hydrogen-bond acceptors (Lipinski definition) is 6. The molecule has 2 rings (SSSR count). The number of benzene rings is 1. The smallest absolute Gasteiger partial charge is 0.271 e. The predicted octanol–water partition coefficient (Wildman–Crippen LogP) is 4.32. The fourth-order valence-corrected chi connectivity index (χ4v) is 3.39. The fourth-order valence-electron chi connectivity index (χ4n) is 3.39. The summed E-state index contributed by atoms with van der Waals surface area (Å²) in [5.41, 5.74) is 0.445. The Morgan fingerprint density at radius 2 is 1.78 bits per heavy atom. The van der Waals surface area contributed by atoms with Crippen molar-refractivity contribution in [3.63, 3.8) is 0 Å². The average Bonchev–Trinajstić information content (AvgIpc) is 2.73. The maximum atomic E-state index is 13.2. The molecule has 0 saturated heterocycles. The minimum Gasteiger partial charge on any atom is -0.494 e. The number of pyridine rings is 1. The van der Waals surface area contributed by atoms with E-state index in [-0.39, 0.29) is 29.3 Å². The van der Waals surface area contributed by atoms with E-state index in [1.807, 2.05) is 32.0 Å². The van der Waals surface area contributed by atoms with E-state index in [1.54, 1.807) is 19.1 Å². The fraction of sp³-hybridized carbons (Fsp3) is 0.480. The van der Waals surface area contributed by atoms with Gasteiger partial charge in [0.05, 0.1) is 11.7 Å². The quantitative estimate of drug-likeness (QED) is 0.436. The van der Waals surface area contributed by atoms with Crippen LogP contribution >= 0.6 is 0 Å². The zero-order valence-corrected chi connectivity index (χ0v) is 19.6. The molecule has 0 amide bonds. The van der Waals surface area contributed by atoms with Crippen LogP contribution in [0.3, 0.4) is 0 Å². The molecule has 1 atom stereocenters. The van der Waals surface area contributed by atoms with Crippen LogP contribution in [0.4, 0.5) is 0 Å². The number of ketones is 1. The molecule has 2 aromatic rings. The number of Topliss-reactive ketones (excluding diaryl/α,β-unsaturated/α-hetero) is 1. The van der Waals surface area contributed by atoms with Crippen LogP contribution in [0.15, 0.2) is 29.1 Å². The molecule has 0 aliphatic rings. The molecular formula is C25H32N2O5. The normalized spacial score (nSPS) is 12.1. The molecule has 0 saturated carbocycles. The Morgan fingerprint density at radius 3 is 2.31 bits per heavy atom. The van der Waals surface area contributed by atoms with Crippen LogP contribution in [0.2, 0.25) is 0 Å². The minimum absolute atomic E-state index is 0.0396. The van der Waals surface area contributed by atoms with E-state index in [2.05, 4.69) is 13.8 Å². The maximum absolute atomic E-state index is 13.2. The zero-order chi connectivity index (χ0) is 24.0. The van der Waals surface area contributed by atoms with Crippen LogP contribution in [0.25, 0.3) is 0 Å². The third-order valence-electron chi connectivity index (χ3n) is 5.25. The lowest BCUT2D eigenvalue weighted by Crippen LogP contribution is -2.31. The summed E-state index contributed by atoms with van der Waals surface area (Å²) in [6.07, 6.45) is -0.439. The van der Waals surface area contributed by atoms with Crippen molar-refractivity contribution >= 4 is 5.78 Å². The van der Waals surface area contributed by atoms with Crippen LogP contribution in [-0.4, -0.2) is 34.3 Å². The van der Waals surface area contributed by atoms with Crippen LogP contribution in [0.5, 0.6) is 11.6 Å². The summed E-state index contributed by atoms with van der Waals surface area (Å²) >= 11 is 0. The standard InChI is InChI=1S/C25H32N2O5/c1-15(2)19-8-10-20(11-9-19)32-18(6)23(28)22-17(5)21(14-26)24(29)27(25(22)30)12-7-13-31-16(3)4/h8-11,15-16,18,30H,7,12-13H2,1-6H3. The molecule has 1 N–H and O–H groups in total. The van der Waals surface area contributed by atoms with E-state index < -0.39 is 23.3 Å². The van der Waals surface area contributed by atoms with Crippen molar-refractivity contribution < 1.29 is 19.4 Å². The summed E-state index contributed by atoms with van der Waals surface area (Å²) in [5.74, 6) is -0.0607. The summed E-state index contributed by atoms with van der Waals surface area (Å²) < 4.78 is 12.3. The highest BCUT2D eigenvalue weighted by Gasteiger charge is 2.28. The van der Waals surface area contributed by atoms with E-state index >= 15 is 0 Å². The van der Waals surface area contributed by atoms with E-state index in [9.17, 15) is 20.0 Å². The molecule has 7 nitrogen and oxygen atoms in total. The second-order valence-electron chi connectivity index (χ2n) is 8.39. The third kappa shape index (κ3) is 5.77. The summed E-state index contributed by atoms with van der Waals surface area (Å²) in [7, 11) is 0. The first-order valence-electron chi connectivity index (χ1n) is 10.9. The van der Waals surface area contributed by atoms with Crippen molar-refractivity contribution in [1.82, 2.24) is 4.57 Å². The molecule has 1 aromatic carbocycles. The highest BCUT2D eigenvalue weighted by molar-refractivity contribution is 6.03. The van der Waals surface area contributed by atoms with Gasteiger partial charge >= 0.3 is 0 Å². The number of rotatable bonds is 10. The van der Waals surface area contributed by atoms with Gasteiger partial charge in [0, 0.05) is 13.2 Å². The van der Waals surface area contributed by atoms with Crippen molar-refractivity contribution in [2.75, 3.05) is 6.61 Å². The Hall–Kier alpha value is -3.11. The maximum Gasteiger partial charge on any atom is 0.271 e. The summed E-state index contributed by atoms with van der Waals surface area (Å²) in [5, 5.41) is 20.3. The minimum atomic E-state index is -0.925. The number of hydrogen-bond donors (Lipinski definition) is 1. The largest absolute Gasteiger partial charge is 0.494 e. The number of carbonyl (C=O) groups excluding carboxylic acids is 1. The lowest BCUT2D eigenvalue weighted by atomic mass is 9.99. The van der Waals surface area contributed by atoms with Gasteiger partial charge in [-0.2, -0.15) is 5.26 Å². The Balaban J connectivity index is 2.33. The second-order valence-corrected chi connectivity index (χ2v) is 8.39. The van der Waals surface area contributed by atoms with E-state index in [0.29, 0.717) is 24.7 Å². The molecule has 0 fully saturated rings. The number of ether oxygens (including phenoxy) is 2. The molecule has 32 heavy (non-hydrogen) atoms. The number of aromatic nitrogens is 1. The van der Waals surface area contributed by atoms with E-state index in [4.69, 9.17) is 9.47 Å². The van der Waals surface area contributed by atoms with E-state index in [0.717, 1.165) is 10.1 Å². The molecule has 172 valence electrons.